The van der Waals surface area contributed by atoms with Crippen molar-refractivity contribution in [1.29, 1.82) is 0 Å². The zero-order valence-corrected chi connectivity index (χ0v) is 33.9. The van der Waals surface area contributed by atoms with Crippen LogP contribution < -0.4 is 19.4 Å². The number of nitrogens with zero attached hydrogens (tertiary/aromatic N) is 3. The first-order valence-corrected chi connectivity index (χ1v) is 21.0. The lowest BCUT2D eigenvalue weighted by atomic mass is 9.78. The normalized spacial score (nSPS) is 17.8. The lowest BCUT2D eigenvalue weighted by Gasteiger charge is -2.49. The molecule has 0 N–H and O–H groups in total. The van der Waals surface area contributed by atoms with Crippen LogP contribution >= 0.6 is 0 Å². The molecule has 0 saturated heterocycles. The van der Waals surface area contributed by atoms with Gasteiger partial charge in [0.05, 0.1) is 22.8 Å². The first kappa shape index (κ1) is 34.7. The Morgan fingerprint density at radius 3 is 1.93 bits per heavy atom. The van der Waals surface area contributed by atoms with Crippen LogP contribution in [-0.4, -0.2) is 5.60 Å². The lowest BCUT2D eigenvalue weighted by Crippen LogP contribution is -2.47. The molecular formula is C56H43N3O. The fourth-order valence-electron chi connectivity index (χ4n) is 10.4. The number of anilines is 7. The summed E-state index contributed by atoms with van der Waals surface area (Å²) in [6.45, 7) is 6.96. The summed E-state index contributed by atoms with van der Waals surface area (Å²) in [5, 5.41) is 2.50. The maximum Gasteiger partial charge on any atom is 0.151 e. The topological polar surface area (TPSA) is 19.0 Å². The summed E-state index contributed by atoms with van der Waals surface area (Å²) in [6, 6.07) is 68.3. The van der Waals surface area contributed by atoms with Gasteiger partial charge < -0.3 is 19.4 Å². The van der Waals surface area contributed by atoms with Crippen molar-refractivity contribution in [3.8, 4) is 16.9 Å². The van der Waals surface area contributed by atoms with Gasteiger partial charge in [-0.3, -0.25) is 0 Å². The molecule has 0 spiro atoms. The van der Waals surface area contributed by atoms with Crippen molar-refractivity contribution in [2.45, 2.75) is 38.2 Å². The van der Waals surface area contributed by atoms with Gasteiger partial charge >= 0.3 is 0 Å². The van der Waals surface area contributed by atoms with Crippen LogP contribution in [0.2, 0.25) is 0 Å². The number of para-hydroxylation sites is 4. The number of hydrogen-bond acceptors (Lipinski definition) is 4. The van der Waals surface area contributed by atoms with E-state index in [1.165, 1.54) is 55.5 Å². The molecule has 60 heavy (non-hydrogen) atoms. The minimum absolute atomic E-state index is 0.0999. The largest absolute Gasteiger partial charge is 0.479 e. The van der Waals surface area contributed by atoms with Gasteiger partial charge in [0.25, 0.3) is 0 Å². The van der Waals surface area contributed by atoms with Gasteiger partial charge in [0, 0.05) is 45.7 Å². The minimum Gasteiger partial charge on any atom is -0.479 e. The highest BCUT2D eigenvalue weighted by Crippen LogP contribution is 2.57. The molecule has 1 atom stereocenters. The number of ether oxygens (including phenoxy) is 1. The van der Waals surface area contributed by atoms with Crippen molar-refractivity contribution < 1.29 is 4.74 Å². The van der Waals surface area contributed by atoms with Gasteiger partial charge in [-0.1, -0.05) is 123 Å². The molecule has 4 heteroatoms. The maximum atomic E-state index is 7.07. The van der Waals surface area contributed by atoms with Gasteiger partial charge in [0.1, 0.15) is 5.75 Å². The summed E-state index contributed by atoms with van der Waals surface area (Å²) in [5.74, 6) is 0.895. The Bertz CT molecular complexity index is 3090. The third-order valence-electron chi connectivity index (χ3n) is 13.2. The fraction of sp³-hybridized carbons (Fsp3) is 0.107. The average Bonchev–Trinajstić information content (AvgIpc) is 3.51. The van der Waals surface area contributed by atoms with Crippen LogP contribution in [0, 0.1) is 0 Å². The second kappa shape index (κ2) is 12.8. The molecule has 4 nitrogen and oxygen atoms in total. The second-order valence-corrected chi connectivity index (χ2v) is 17.1. The van der Waals surface area contributed by atoms with Crippen LogP contribution in [0.1, 0.15) is 43.9 Å². The van der Waals surface area contributed by atoms with E-state index >= 15 is 0 Å². The van der Waals surface area contributed by atoms with E-state index in [9.17, 15) is 0 Å². The van der Waals surface area contributed by atoms with E-state index in [1.54, 1.807) is 0 Å². The summed E-state index contributed by atoms with van der Waals surface area (Å²) >= 11 is 0. The number of rotatable bonds is 5. The monoisotopic (exact) mass is 773 g/mol. The molecule has 0 radical (unpaired) electrons. The number of benzene rings is 8. The molecule has 2 aliphatic carbocycles. The average molecular weight is 774 g/mol. The highest BCUT2D eigenvalue weighted by Gasteiger charge is 2.47. The Balaban J connectivity index is 1.02. The Morgan fingerprint density at radius 2 is 1.12 bits per heavy atom. The van der Waals surface area contributed by atoms with Crippen molar-refractivity contribution in [2.24, 2.45) is 0 Å². The van der Waals surface area contributed by atoms with Crippen molar-refractivity contribution in [2.75, 3.05) is 14.7 Å². The van der Waals surface area contributed by atoms with Crippen molar-refractivity contribution in [3.05, 3.63) is 222 Å². The summed E-state index contributed by atoms with van der Waals surface area (Å²) in [4.78, 5) is 7.27. The first-order valence-electron chi connectivity index (χ1n) is 21.0. The maximum absolute atomic E-state index is 7.07. The Morgan fingerprint density at radius 1 is 0.500 bits per heavy atom. The zero-order chi connectivity index (χ0) is 40.2. The number of fused-ring (bicyclic) bond motifs is 6. The molecule has 288 valence electrons. The van der Waals surface area contributed by atoms with E-state index in [0.717, 1.165) is 45.6 Å². The van der Waals surface area contributed by atoms with Crippen LogP contribution in [0.25, 0.3) is 27.5 Å². The van der Waals surface area contributed by atoms with Crippen LogP contribution in [-0.2, 0) is 5.41 Å². The first-order chi connectivity index (χ1) is 29.4. The van der Waals surface area contributed by atoms with Crippen molar-refractivity contribution in [3.63, 3.8) is 0 Å². The van der Waals surface area contributed by atoms with Gasteiger partial charge in [-0.15, -0.1) is 0 Å². The SMILES string of the molecule is CC12CC3=C(C=C1N(c1ccccc1)c1ccccc1O2)N(c1ccc(N(c2ccccc2)c2ccc4c(c2)C(C)(C)c2ccccc2-4)cc1)c1cccc2cccc3c12. The third-order valence-corrected chi connectivity index (χ3v) is 13.2. The predicted octanol–water partition coefficient (Wildman–Crippen LogP) is 14.8. The van der Waals surface area contributed by atoms with Crippen LogP contribution in [0.3, 0.4) is 0 Å². The van der Waals surface area contributed by atoms with E-state index in [-0.39, 0.29) is 5.41 Å². The molecule has 0 aromatic heterocycles. The van der Waals surface area contributed by atoms with E-state index in [4.69, 9.17) is 4.74 Å². The molecule has 2 aliphatic heterocycles. The number of allylic oxidation sites excluding steroid dienone is 1. The van der Waals surface area contributed by atoms with Crippen LogP contribution in [0.15, 0.2) is 206 Å². The van der Waals surface area contributed by atoms with E-state index in [0.29, 0.717) is 6.42 Å². The third kappa shape index (κ3) is 5.04. The van der Waals surface area contributed by atoms with Gasteiger partial charge in [-0.05, 0) is 131 Å². The van der Waals surface area contributed by atoms with E-state index in [2.05, 4.69) is 230 Å². The highest BCUT2D eigenvalue weighted by molar-refractivity contribution is 6.09. The Kier molecular flexibility index (Phi) is 7.43. The van der Waals surface area contributed by atoms with Crippen LogP contribution in [0.5, 0.6) is 5.75 Å². The van der Waals surface area contributed by atoms with Gasteiger partial charge in [-0.2, -0.15) is 0 Å². The predicted molar refractivity (Wildman–Crippen MR) is 248 cm³/mol. The van der Waals surface area contributed by atoms with E-state index in [1.807, 2.05) is 0 Å². The fourth-order valence-corrected chi connectivity index (χ4v) is 10.4. The standard InChI is InChI=1S/C56H43N3O/c1-55(2)47-24-11-10-22-43(47)44-33-32-42(34-48(44)55)57(38-18-6-4-7-19-38)40-28-30-41(31-29-40)58-50-26-15-17-37-16-14-23-45(54(37)50)46-36-56(3)53(35-51(46)58)59(39-20-8-5-9-21-39)49-25-12-13-27-52(49)60-56/h4-35H,36H2,1-3H3. The summed E-state index contributed by atoms with van der Waals surface area (Å²) in [6.07, 6.45) is 3.11. The molecule has 8 aromatic carbocycles. The molecule has 4 aliphatic rings. The summed E-state index contributed by atoms with van der Waals surface area (Å²) in [5.41, 5.74) is 17.4. The van der Waals surface area contributed by atoms with Gasteiger partial charge in [0.15, 0.2) is 5.60 Å². The smallest absolute Gasteiger partial charge is 0.151 e. The molecule has 2 heterocycles. The molecule has 0 amide bonds. The molecular weight excluding hydrogens is 731 g/mol. The minimum atomic E-state index is -0.602. The molecule has 0 bridgehead atoms. The quantitative estimate of drug-likeness (QED) is 0.173. The van der Waals surface area contributed by atoms with Crippen LogP contribution in [0.4, 0.5) is 39.8 Å². The van der Waals surface area contributed by atoms with Gasteiger partial charge in [0.2, 0.25) is 0 Å². The molecule has 1 unspecified atom stereocenters. The molecule has 0 fully saturated rings. The molecule has 8 aromatic rings. The van der Waals surface area contributed by atoms with Crippen molar-refractivity contribution in [1.82, 2.24) is 0 Å². The lowest BCUT2D eigenvalue weighted by molar-refractivity contribution is 0.122. The Labute approximate surface area is 351 Å². The Hall–Kier alpha value is -7.30. The second-order valence-electron chi connectivity index (χ2n) is 17.1. The molecule has 12 rings (SSSR count). The summed E-state index contributed by atoms with van der Waals surface area (Å²) in [7, 11) is 0. The highest BCUT2D eigenvalue weighted by atomic mass is 16.5. The molecule has 0 saturated carbocycles. The number of hydrogen-bond donors (Lipinski definition) is 0. The summed E-state index contributed by atoms with van der Waals surface area (Å²) < 4.78 is 7.07. The zero-order valence-electron chi connectivity index (χ0n) is 33.9. The van der Waals surface area contributed by atoms with Crippen molar-refractivity contribution >= 4 is 56.2 Å². The van der Waals surface area contributed by atoms with E-state index < -0.39 is 5.60 Å². The van der Waals surface area contributed by atoms with Gasteiger partial charge in [-0.25, -0.2) is 0 Å².